The minimum absolute atomic E-state index is 0.144. The maximum atomic E-state index is 12.3. The molecule has 7 nitrogen and oxygen atoms in total. The number of carbonyl (C=O) groups excluding carboxylic acids is 2. The number of para-hydroxylation sites is 2. The fraction of sp³-hybridized carbons (Fsp3) is 0.267. The Hall–Kier alpha value is -2.83. The highest BCUT2D eigenvalue weighted by Crippen LogP contribution is 2.33. The number of aromatic amines is 1. The van der Waals surface area contributed by atoms with Crippen molar-refractivity contribution in [3.05, 3.63) is 36.7 Å². The fourth-order valence-corrected chi connectivity index (χ4v) is 2.35. The number of hydrogen-bond donors (Lipinski definition) is 2. The predicted molar refractivity (Wildman–Crippen MR) is 80.7 cm³/mol. The Morgan fingerprint density at radius 3 is 3.05 bits per heavy atom. The molecule has 0 bridgehead atoms. The van der Waals surface area contributed by atoms with Gasteiger partial charge in [-0.2, -0.15) is 5.10 Å². The third-order valence-corrected chi connectivity index (χ3v) is 3.42. The molecule has 1 aromatic heterocycles. The Labute approximate surface area is 127 Å². The lowest BCUT2D eigenvalue weighted by Gasteiger charge is -2.32. The van der Waals surface area contributed by atoms with E-state index in [2.05, 4.69) is 15.5 Å². The summed E-state index contributed by atoms with van der Waals surface area (Å²) in [7, 11) is 0. The molecule has 0 saturated heterocycles. The van der Waals surface area contributed by atoms with E-state index in [-0.39, 0.29) is 18.2 Å². The lowest BCUT2D eigenvalue weighted by atomic mass is 10.1. The smallest absolute Gasteiger partial charge is 0.267 e. The van der Waals surface area contributed by atoms with Crippen LogP contribution in [0.15, 0.2) is 36.7 Å². The van der Waals surface area contributed by atoms with E-state index in [1.807, 2.05) is 24.3 Å². The first kappa shape index (κ1) is 14.1. The zero-order chi connectivity index (χ0) is 15.5. The van der Waals surface area contributed by atoms with Gasteiger partial charge in [0.1, 0.15) is 5.75 Å². The van der Waals surface area contributed by atoms with E-state index >= 15 is 0 Å². The molecule has 114 valence electrons. The minimum atomic E-state index is -0.549. The van der Waals surface area contributed by atoms with Gasteiger partial charge >= 0.3 is 0 Å². The van der Waals surface area contributed by atoms with Crippen molar-refractivity contribution < 1.29 is 14.3 Å². The average molecular weight is 300 g/mol. The normalized spacial score (nSPS) is 16.9. The molecule has 0 radical (unpaired) electrons. The van der Waals surface area contributed by atoms with E-state index in [4.69, 9.17) is 4.74 Å². The molecule has 2 N–H and O–H groups in total. The number of amides is 2. The summed E-state index contributed by atoms with van der Waals surface area (Å²) in [6.07, 6.45) is 2.76. The van der Waals surface area contributed by atoms with Crippen molar-refractivity contribution in [3.8, 4) is 5.75 Å². The second kappa shape index (κ2) is 5.88. The summed E-state index contributed by atoms with van der Waals surface area (Å²) in [6.45, 7) is 2.00. The molecule has 1 aliphatic heterocycles. The predicted octanol–water partition coefficient (Wildman–Crippen LogP) is 1.55. The van der Waals surface area contributed by atoms with Gasteiger partial charge < -0.3 is 15.0 Å². The maximum absolute atomic E-state index is 12.3. The number of ether oxygens (including phenoxy) is 1. The molecule has 2 aromatic rings. The van der Waals surface area contributed by atoms with Crippen LogP contribution in [0.5, 0.6) is 5.75 Å². The topological polar surface area (TPSA) is 87.3 Å². The number of aromatic nitrogens is 2. The number of anilines is 2. The lowest BCUT2D eigenvalue weighted by molar-refractivity contribution is -0.125. The molecule has 2 heterocycles. The highest BCUT2D eigenvalue weighted by Gasteiger charge is 2.31. The highest BCUT2D eigenvalue weighted by atomic mass is 16.5. The zero-order valence-corrected chi connectivity index (χ0v) is 12.1. The summed E-state index contributed by atoms with van der Waals surface area (Å²) in [4.78, 5) is 25.8. The van der Waals surface area contributed by atoms with Gasteiger partial charge in [0.2, 0.25) is 5.91 Å². The van der Waals surface area contributed by atoms with Crippen molar-refractivity contribution >= 4 is 23.2 Å². The Balaban J connectivity index is 1.68. The minimum Gasteiger partial charge on any atom is -0.479 e. The van der Waals surface area contributed by atoms with Crippen molar-refractivity contribution in [3.63, 3.8) is 0 Å². The summed E-state index contributed by atoms with van der Waals surface area (Å²) in [5.41, 5.74) is 1.30. The van der Waals surface area contributed by atoms with E-state index in [1.165, 1.54) is 6.20 Å². The van der Waals surface area contributed by atoms with E-state index < -0.39 is 6.10 Å². The second-order valence-corrected chi connectivity index (χ2v) is 5.00. The van der Waals surface area contributed by atoms with Crippen LogP contribution >= 0.6 is 0 Å². The monoisotopic (exact) mass is 300 g/mol. The zero-order valence-electron chi connectivity index (χ0n) is 12.1. The van der Waals surface area contributed by atoms with Crippen LogP contribution in [-0.2, 0) is 9.59 Å². The van der Waals surface area contributed by atoms with Gasteiger partial charge in [-0.1, -0.05) is 12.1 Å². The highest BCUT2D eigenvalue weighted by molar-refractivity contribution is 6.00. The molecule has 1 aliphatic rings. The Morgan fingerprint density at radius 1 is 1.45 bits per heavy atom. The molecule has 0 saturated carbocycles. The standard InChI is InChI=1S/C15H16N4O3/c1-10-15(21)19(12-4-2-3-5-13(12)22-10)7-6-14(20)18-11-8-16-17-9-11/h2-5,8-10H,6-7H2,1H3,(H,16,17)(H,18,20)/t10-/m1/s1. The number of nitrogens with zero attached hydrogens (tertiary/aromatic N) is 2. The van der Waals surface area contributed by atoms with Crippen LogP contribution in [-0.4, -0.2) is 34.7 Å². The maximum Gasteiger partial charge on any atom is 0.267 e. The van der Waals surface area contributed by atoms with Crippen LogP contribution < -0.4 is 15.0 Å². The second-order valence-electron chi connectivity index (χ2n) is 5.00. The van der Waals surface area contributed by atoms with E-state index in [9.17, 15) is 9.59 Å². The van der Waals surface area contributed by atoms with Gasteiger partial charge in [-0.15, -0.1) is 0 Å². The third-order valence-electron chi connectivity index (χ3n) is 3.42. The lowest BCUT2D eigenvalue weighted by Crippen LogP contribution is -2.45. The van der Waals surface area contributed by atoms with Crippen LogP contribution in [0.1, 0.15) is 13.3 Å². The van der Waals surface area contributed by atoms with Crippen molar-refractivity contribution in [1.29, 1.82) is 0 Å². The van der Waals surface area contributed by atoms with Crippen molar-refractivity contribution in [2.75, 3.05) is 16.8 Å². The van der Waals surface area contributed by atoms with Gasteiger partial charge in [-0.25, -0.2) is 0 Å². The first-order valence-corrected chi connectivity index (χ1v) is 7.01. The molecule has 0 aliphatic carbocycles. The van der Waals surface area contributed by atoms with Crippen LogP contribution in [0.3, 0.4) is 0 Å². The summed E-state index contributed by atoms with van der Waals surface area (Å²) in [5, 5.41) is 9.09. The average Bonchev–Trinajstić information content (AvgIpc) is 3.00. The third kappa shape index (κ3) is 2.78. The molecule has 7 heteroatoms. The van der Waals surface area contributed by atoms with Gasteiger partial charge in [0.05, 0.1) is 17.6 Å². The van der Waals surface area contributed by atoms with Crippen molar-refractivity contribution in [1.82, 2.24) is 10.2 Å². The Morgan fingerprint density at radius 2 is 2.27 bits per heavy atom. The first-order chi connectivity index (χ1) is 10.6. The van der Waals surface area contributed by atoms with Crippen LogP contribution in [0.4, 0.5) is 11.4 Å². The van der Waals surface area contributed by atoms with Crippen LogP contribution in [0.2, 0.25) is 0 Å². The van der Waals surface area contributed by atoms with E-state index in [1.54, 1.807) is 18.0 Å². The molecule has 0 spiro atoms. The molecule has 0 fully saturated rings. The number of H-pyrrole nitrogens is 1. The number of carbonyl (C=O) groups is 2. The fourth-order valence-electron chi connectivity index (χ4n) is 2.35. The van der Waals surface area contributed by atoms with Crippen LogP contribution in [0, 0.1) is 0 Å². The number of fused-ring (bicyclic) bond motifs is 1. The molecule has 22 heavy (non-hydrogen) atoms. The SMILES string of the molecule is C[C@H]1Oc2ccccc2N(CCC(=O)Nc2cn[nH]c2)C1=O. The molecule has 0 unspecified atom stereocenters. The molecule has 2 amide bonds. The summed E-state index contributed by atoms with van der Waals surface area (Å²) in [6, 6.07) is 7.32. The molecular formula is C15H16N4O3. The number of nitrogens with one attached hydrogen (secondary N) is 2. The van der Waals surface area contributed by atoms with Gasteiger partial charge in [0.25, 0.3) is 5.91 Å². The van der Waals surface area contributed by atoms with Gasteiger partial charge in [-0.05, 0) is 19.1 Å². The van der Waals surface area contributed by atoms with Crippen molar-refractivity contribution in [2.45, 2.75) is 19.4 Å². The number of rotatable bonds is 4. The first-order valence-electron chi connectivity index (χ1n) is 7.01. The van der Waals surface area contributed by atoms with Gasteiger partial charge in [0, 0.05) is 19.2 Å². The Kier molecular flexibility index (Phi) is 3.78. The number of hydrogen-bond acceptors (Lipinski definition) is 4. The van der Waals surface area contributed by atoms with Crippen molar-refractivity contribution in [2.24, 2.45) is 0 Å². The molecule has 1 atom stereocenters. The molecule has 1 aromatic carbocycles. The van der Waals surface area contributed by atoms with E-state index in [0.29, 0.717) is 23.7 Å². The quantitative estimate of drug-likeness (QED) is 0.897. The summed E-state index contributed by atoms with van der Waals surface area (Å²) >= 11 is 0. The molecular weight excluding hydrogens is 284 g/mol. The van der Waals surface area contributed by atoms with E-state index in [0.717, 1.165) is 0 Å². The molecule has 3 rings (SSSR count). The number of benzene rings is 1. The largest absolute Gasteiger partial charge is 0.479 e. The Bertz CT molecular complexity index is 684. The summed E-state index contributed by atoms with van der Waals surface area (Å²) < 4.78 is 5.56. The van der Waals surface area contributed by atoms with Gasteiger partial charge in [-0.3, -0.25) is 14.7 Å². The van der Waals surface area contributed by atoms with Gasteiger partial charge in [0.15, 0.2) is 6.10 Å². The summed E-state index contributed by atoms with van der Waals surface area (Å²) in [5.74, 6) is 0.338. The van der Waals surface area contributed by atoms with Crippen LogP contribution in [0.25, 0.3) is 0 Å².